The van der Waals surface area contributed by atoms with Crippen LogP contribution in [-0.2, 0) is 11.2 Å². The van der Waals surface area contributed by atoms with Gasteiger partial charge in [-0.2, -0.15) is 4.98 Å². The molecule has 2 N–H and O–H groups in total. The van der Waals surface area contributed by atoms with E-state index in [0.717, 1.165) is 50.9 Å². The zero-order chi connectivity index (χ0) is 18.9. The maximum absolute atomic E-state index is 6.00. The van der Waals surface area contributed by atoms with Crippen LogP contribution in [0.2, 0.25) is 5.02 Å². The molecule has 2 aromatic rings. The summed E-state index contributed by atoms with van der Waals surface area (Å²) in [7, 11) is 1.76. The summed E-state index contributed by atoms with van der Waals surface area (Å²) in [6.45, 7) is 6.05. The number of rotatable bonds is 7. The third kappa shape index (κ3) is 7.19. The highest BCUT2D eigenvalue weighted by Crippen LogP contribution is 2.19. The number of benzene rings is 1. The van der Waals surface area contributed by atoms with Gasteiger partial charge < -0.3 is 19.9 Å². The fraction of sp³-hybridized carbons (Fsp3) is 0.500. The van der Waals surface area contributed by atoms with E-state index >= 15 is 0 Å². The van der Waals surface area contributed by atoms with Crippen LogP contribution in [0.15, 0.2) is 33.8 Å². The number of hydrogen-bond donors (Lipinski definition) is 2. The minimum Gasteiger partial charge on any atom is -0.379 e. The molecule has 0 saturated carbocycles. The standard InChI is InChI=1S/C18H25ClN6O2.HI/c1-20-18(22-7-8-25-9-11-26-12-10-25)21-6-5-16-23-17(24-27-16)14-3-2-4-15(19)13-14;/h2-4,13H,5-12H2,1H3,(H2,20,21,22);1H. The Balaban J connectivity index is 0.00000280. The molecule has 1 fully saturated rings. The average molecular weight is 521 g/mol. The fourth-order valence-electron chi connectivity index (χ4n) is 2.77. The van der Waals surface area contributed by atoms with Gasteiger partial charge in [-0.05, 0) is 12.1 Å². The second-order valence-electron chi connectivity index (χ2n) is 6.15. The summed E-state index contributed by atoms with van der Waals surface area (Å²) in [6, 6.07) is 7.39. The highest BCUT2D eigenvalue weighted by Gasteiger charge is 2.11. The van der Waals surface area contributed by atoms with E-state index in [1.165, 1.54) is 0 Å². The van der Waals surface area contributed by atoms with Crippen LogP contribution in [0, 0.1) is 0 Å². The van der Waals surface area contributed by atoms with Crippen LogP contribution in [-0.4, -0.2) is 74.0 Å². The molecule has 0 bridgehead atoms. The van der Waals surface area contributed by atoms with Crippen LogP contribution < -0.4 is 10.6 Å². The Hall–Kier alpha value is -1.43. The van der Waals surface area contributed by atoms with Gasteiger partial charge in [0.25, 0.3) is 0 Å². The topological polar surface area (TPSA) is 87.8 Å². The van der Waals surface area contributed by atoms with Gasteiger partial charge in [-0.25, -0.2) is 0 Å². The Kier molecular flexibility index (Phi) is 9.96. The van der Waals surface area contributed by atoms with Gasteiger partial charge >= 0.3 is 0 Å². The fourth-order valence-corrected chi connectivity index (χ4v) is 2.96. The Labute approximate surface area is 187 Å². The van der Waals surface area contributed by atoms with Gasteiger partial charge in [-0.3, -0.25) is 9.89 Å². The largest absolute Gasteiger partial charge is 0.379 e. The maximum Gasteiger partial charge on any atom is 0.228 e. The molecule has 0 unspecified atom stereocenters. The second kappa shape index (κ2) is 12.2. The summed E-state index contributed by atoms with van der Waals surface area (Å²) in [4.78, 5) is 11.0. The van der Waals surface area contributed by atoms with Gasteiger partial charge in [-0.15, -0.1) is 24.0 Å². The molecule has 0 amide bonds. The van der Waals surface area contributed by atoms with E-state index in [1.54, 1.807) is 7.05 Å². The first-order chi connectivity index (χ1) is 13.2. The number of aliphatic imine (C=N–C) groups is 1. The van der Waals surface area contributed by atoms with E-state index in [1.807, 2.05) is 24.3 Å². The van der Waals surface area contributed by atoms with E-state index in [-0.39, 0.29) is 24.0 Å². The normalized spacial score (nSPS) is 15.1. The van der Waals surface area contributed by atoms with Gasteiger partial charge in [-0.1, -0.05) is 28.9 Å². The molecule has 3 rings (SSSR count). The highest BCUT2D eigenvalue weighted by atomic mass is 127. The third-order valence-corrected chi connectivity index (χ3v) is 4.47. The van der Waals surface area contributed by atoms with Crippen molar-refractivity contribution in [3.05, 3.63) is 35.2 Å². The van der Waals surface area contributed by atoms with Crippen molar-refractivity contribution in [3.63, 3.8) is 0 Å². The van der Waals surface area contributed by atoms with E-state index in [2.05, 4.69) is 30.7 Å². The summed E-state index contributed by atoms with van der Waals surface area (Å²) >= 11 is 6.00. The first-order valence-electron chi connectivity index (χ1n) is 9.08. The van der Waals surface area contributed by atoms with Crippen LogP contribution in [0.25, 0.3) is 11.4 Å². The van der Waals surface area contributed by atoms with Crippen LogP contribution in [0.1, 0.15) is 5.89 Å². The molecular formula is C18H26ClIN6O2. The number of nitrogens with one attached hydrogen (secondary N) is 2. The first-order valence-corrected chi connectivity index (χ1v) is 9.45. The lowest BCUT2D eigenvalue weighted by atomic mass is 10.2. The van der Waals surface area contributed by atoms with Gasteiger partial charge in [0.1, 0.15) is 0 Å². The van der Waals surface area contributed by atoms with E-state index in [0.29, 0.717) is 29.7 Å². The smallest absolute Gasteiger partial charge is 0.228 e. The van der Waals surface area contributed by atoms with Crippen molar-refractivity contribution in [2.24, 2.45) is 4.99 Å². The molecule has 1 aliphatic heterocycles. The minimum atomic E-state index is 0. The molecule has 0 spiro atoms. The average Bonchev–Trinajstić information content (AvgIpc) is 3.16. The first kappa shape index (κ1) is 22.9. The molecule has 0 aliphatic carbocycles. The number of morpholine rings is 1. The monoisotopic (exact) mass is 520 g/mol. The lowest BCUT2D eigenvalue weighted by Crippen LogP contribution is -2.44. The van der Waals surface area contributed by atoms with Crippen molar-refractivity contribution in [2.45, 2.75) is 6.42 Å². The molecule has 1 aromatic heterocycles. The van der Waals surface area contributed by atoms with Crippen molar-refractivity contribution in [3.8, 4) is 11.4 Å². The Morgan fingerprint density at radius 2 is 2.04 bits per heavy atom. The molecule has 28 heavy (non-hydrogen) atoms. The van der Waals surface area contributed by atoms with Gasteiger partial charge in [0, 0.05) is 56.8 Å². The van der Waals surface area contributed by atoms with Crippen molar-refractivity contribution >= 4 is 41.5 Å². The Bertz CT molecular complexity index is 751. The van der Waals surface area contributed by atoms with Gasteiger partial charge in [0.2, 0.25) is 11.7 Å². The lowest BCUT2D eigenvalue weighted by Gasteiger charge is -2.26. The molecule has 1 aliphatic rings. The molecule has 2 heterocycles. The van der Waals surface area contributed by atoms with E-state index in [9.17, 15) is 0 Å². The zero-order valence-electron chi connectivity index (χ0n) is 15.9. The van der Waals surface area contributed by atoms with Crippen LogP contribution in [0.5, 0.6) is 0 Å². The highest BCUT2D eigenvalue weighted by molar-refractivity contribution is 14.0. The number of aromatic nitrogens is 2. The van der Waals surface area contributed by atoms with Crippen LogP contribution in [0.4, 0.5) is 0 Å². The maximum atomic E-state index is 6.00. The van der Waals surface area contributed by atoms with Gasteiger partial charge in [0.05, 0.1) is 13.2 Å². The predicted molar refractivity (Wildman–Crippen MR) is 120 cm³/mol. The van der Waals surface area contributed by atoms with Crippen LogP contribution >= 0.6 is 35.6 Å². The summed E-state index contributed by atoms with van der Waals surface area (Å²) in [5, 5.41) is 11.2. The number of guanidine groups is 1. The Morgan fingerprint density at radius 3 is 2.79 bits per heavy atom. The molecule has 1 aromatic carbocycles. The zero-order valence-corrected chi connectivity index (χ0v) is 18.9. The number of halogens is 2. The number of ether oxygens (including phenoxy) is 1. The van der Waals surface area contributed by atoms with Crippen molar-refractivity contribution < 1.29 is 9.26 Å². The molecule has 1 saturated heterocycles. The van der Waals surface area contributed by atoms with Crippen molar-refractivity contribution in [1.82, 2.24) is 25.7 Å². The summed E-state index contributed by atoms with van der Waals surface area (Å²) in [5.74, 6) is 1.87. The lowest BCUT2D eigenvalue weighted by molar-refractivity contribution is 0.0389. The number of hydrogen-bond acceptors (Lipinski definition) is 6. The predicted octanol–water partition coefficient (Wildman–Crippen LogP) is 2.05. The molecule has 0 atom stereocenters. The summed E-state index contributed by atoms with van der Waals surface area (Å²) in [5.41, 5.74) is 0.839. The minimum absolute atomic E-state index is 0. The third-order valence-electron chi connectivity index (χ3n) is 4.23. The van der Waals surface area contributed by atoms with E-state index < -0.39 is 0 Å². The summed E-state index contributed by atoms with van der Waals surface area (Å²) < 4.78 is 10.7. The van der Waals surface area contributed by atoms with Gasteiger partial charge in [0.15, 0.2) is 5.96 Å². The quantitative estimate of drug-likeness (QED) is 0.328. The number of nitrogens with zero attached hydrogens (tertiary/aromatic N) is 4. The molecule has 8 nitrogen and oxygen atoms in total. The summed E-state index contributed by atoms with van der Waals surface area (Å²) in [6.07, 6.45) is 0.609. The molecule has 154 valence electrons. The van der Waals surface area contributed by atoms with E-state index in [4.69, 9.17) is 20.9 Å². The Morgan fingerprint density at radius 1 is 1.25 bits per heavy atom. The van der Waals surface area contributed by atoms with Crippen molar-refractivity contribution in [1.29, 1.82) is 0 Å². The SMILES string of the molecule is CN=C(NCCc1nc(-c2cccc(Cl)c2)no1)NCCN1CCOCC1.I. The van der Waals surface area contributed by atoms with Crippen molar-refractivity contribution in [2.75, 3.05) is 53.0 Å². The molecule has 0 radical (unpaired) electrons. The molecular weight excluding hydrogens is 495 g/mol. The molecule has 10 heteroatoms. The van der Waals surface area contributed by atoms with Crippen LogP contribution in [0.3, 0.4) is 0 Å². The second-order valence-corrected chi connectivity index (χ2v) is 6.59.